The van der Waals surface area contributed by atoms with Gasteiger partial charge in [-0.1, -0.05) is 35.9 Å². The average Bonchev–Trinajstić information content (AvgIpc) is 2.52. The van der Waals surface area contributed by atoms with Crippen molar-refractivity contribution in [3.8, 4) is 0 Å². The largest absolute Gasteiger partial charge is 0.271 e. The van der Waals surface area contributed by atoms with Crippen LogP contribution in [-0.2, 0) is 6.42 Å². The molecule has 0 spiro atoms. The molecule has 2 aromatic carbocycles. The number of fused-ring (bicyclic) bond motifs is 1. The lowest BCUT2D eigenvalue weighted by atomic mass is 9.98. The van der Waals surface area contributed by atoms with Crippen LogP contribution in [0.5, 0.6) is 0 Å². The summed E-state index contributed by atoms with van der Waals surface area (Å²) in [5.41, 5.74) is 6.74. The lowest BCUT2D eigenvalue weighted by Gasteiger charge is -2.17. The fourth-order valence-corrected chi connectivity index (χ4v) is 2.67. The van der Waals surface area contributed by atoms with Gasteiger partial charge in [0.1, 0.15) is 0 Å². The van der Waals surface area contributed by atoms with Crippen molar-refractivity contribution in [2.24, 2.45) is 5.84 Å². The standard InChI is InChI=1S/C16H15ClN4/c17-12-4-1-3-11(9-12)10-15(21-18)13-5-2-6-14-16(13)20-8-7-19-14/h1-9,15,21H,10,18H2. The number of hydrogen-bond acceptors (Lipinski definition) is 4. The lowest BCUT2D eigenvalue weighted by molar-refractivity contribution is 0.554. The Labute approximate surface area is 128 Å². The maximum Gasteiger partial charge on any atom is 0.0935 e. The summed E-state index contributed by atoms with van der Waals surface area (Å²) in [6, 6.07) is 13.7. The van der Waals surface area contributed by atoms with Gasteiger partial charge >= 0.3 is 0 Å². The molecule has 1 heterocycles. The Morgan fingerprint density at radius 3 is 2.71 bits per heavy atom. The van der Waals surface area contributed by atoms with E-state index in [9.17, 15) is 0 Å². The minimum Gasteiger partial charge on any atom is -0.271 e. The van der Waals surface area contributed by atoms with E-state index in [0.29, 0.717) is 0 Å². The summed E-state index contributed by atoms with van der Waals surface area (Å²) in [4.78, 5) is 8.75. The molecule has 0 saturated carbocycles. The van der Waals surface area contributed by atoms with Crippen LogP contribution in [0.3, 0.4) is 0 Å². The second-order valence-corrected chi connectivity index (χ2v) is 5.26. The number of hydrazine groups is 1. The smallest absolute Gasteiger partial charge is 0.0935 e. The number of hydrogen-bond donors (Lipinski definition) is 2. The van der Waals surface area contributed by atoms with Crippen LogP contribution in [0.2, 0.25) is 5.02 Å². The number of nitrogens with zero attached hydrogens (tertiary/aromatic N) is 2. The summed E-state index contributed by atoms with van der Waals surface area (Å²) in [6.07, 6.45) is 4.11. The molecule has 0 aliphatic heterocycles. The molecule has 0 fully saturated rings. The first-order valence-corrected chi connectivity index (χ1v) is 7.06. The SMILES string of the molecule is NNC(Cc1cccc(Cl)c1)c1cccc2nccnc12. The van der Waals surface area contributed by atoms with Crippen LogP contribution in [0.4, 0.5) is 0 Å². The molecule has 106 valence electrons. The average molecular weight is 299 g/mol. The van der Waals surface area contributed by atoms with Gasteiger partial charge in [-0.2, -0.15) is 0 Å². The van der Waals surface area contributed by atoms with Crippen molar-refractivity contribution in [2.75, 3.05) is 0 Å². The molecule has 21 heavy (non-hydrogen) atoms. The summed E-state index contributed by atoms with van der Waals surface area (Å²) >= 11 is 6.04. The van der Waals surface area contributed by atoms with Crippen molar-refractivity contribution >= 4 is 22.6 Å². The zero-order valence-electron chi connectivity index (χ0n) is 11.3. The van der Waals surface area contributed by atoms with Gasteiger partial charge in [0.15, 0.2) is 0 Å². The summed E-state index contributed by atoms with van der Waals surface area (Å²) < 4.78 is 0. The zero-order chi connectivity index (χ0) is 14.7. The molecular formula is C16H15ClN4. The Bertz CT molecular complexity index is 755. The minimum absolute atomic E-state index is 0.0520. The summed E-state index contributed by atoms with van der Waals surface area (Å²) in [5, 5.41) is 0.723. The highest BCUT2D eigenvalue weighted by Gasteiger charge is 2.15. The van der Waals surface area contributed by atoms with Crippen LogP contribution in [0, 0.1) is 0 Å². The topological polar surface area (TPSA) is 63.8 Å². The third-order valence-corrected chi connectivity index (χ3v) is 3.67. The first kappa shape index (κ1) is 13.9. The fourth-order valence-electron chi connectivity index (χ4n) is 2.45. The van der Waals surface area contributed by atoms with Gasteiger partial charge in [-0.05, 0) is 35.7 Å². The van der Waals surface area contributed by atoms with Crippen molar-refractivity contribution in [3.05, 3.63) is 71.0 Å². The van der Waals surface area contributed by atoms with Crippen LogP contribution < -0.4 is 11.3 Å². The van der Waals surface area contributed by atoms with E-state index in [1.54, 1.807) is 12.4 Å². The third kappa shape index (κ3) is 3.03. The molecule has 4 nitrogen and oxygen atoms in total. The van der Waals surface area contributed by atoms with Gasteiger partial charge in [-0.25, -0.2) is 0 Å². The Kier molecular flexibility index (Phi) is 4.10. The second-order valence-electron chi connectivity index (χ2n) is 4.82. The van der Waals surface area contributed by atoms with E-state index in [0.717, 1.165) is 33.6 Å². The van der Waals surface area contributed by atoms with Gasteiger partial charge in [-0.15, -0.1) is 0 Å². The molecule has 0 aliphatic carbocycles. The predicted molar refractivity (Wildman–Crippen MR) is 84.8 cm³/mol. The molecule has 1 unspecified atom stereocenters. The maximum absolute atomic E-state index is 6.04. The van der Waals surface area contributed by atoms with Crippen LogP contribution in [0.15, 0.2) is 54.9 Å². The molecule has 0 aliphatic rings. The highest BCUT2D eigenvalue weighted by Crippen LogP contribution is 2.24. The van der Waals surface area contributed by atoms with Crippen LogP contribution in [0.1, 0.15) is 17.2 Å². The van der Waals surface area contributed by atoms with E-state index in [1.807, 2.05) is 42.5 Å². The van der Waals surface area contributed by atoms with E-state index in [-0.39, 0.29) is 6.04 Å². The molecule has 0 radical (unpaired) electrons. The first-order valence-electron chi connectivity index (χ1n) is 6.68. The Balaban J connectivity index is 1.98. The highest BCUT2D eigenvalue weighted by molar-refractivity contribution is 6.30. The number of aromatic nitrogens is 2. The molecular weight excluding hydrogens is 284 g/mol. The van der Waals surface area contributed by atoms with Gasteiger partial charge < -0.3 is 0 Å². The van der Waals surface area contributed by atoms with Gasteiger partial charge in [0.25, 0.3) is 0 Å². The summed E-state index contributed by atoms with van der Waals surface area (Å²) in [5.74, 6) is 5.75. The van der Waals surface area contributed by atoms with E-state index < -0.39 is 0 Å². The monoisotopic (exact) mass is 298 g/mol. The molecule has 0 saturated heterocycles. The third-order valence-electron chi connectivity index (χ3n) is 3.44. The number of benzene rings is 2. The number of nitrogens with two attached hydrogens (primary N) is 1. The Morgan fingerprint density at radius 1 is 1.10 bits per heavy atom. The second kappa shape index (κ2) is 6.18. The lowest BCUT2D eigenvalue weighted by Crippen LogP contribution is -2.29. The van der Waals surface area contributed by atoms with Crippen LogP contribution >= 0.6 is 11.6 Å². The Hall–Kier alpha value is -2.01. The molecule has 5 heteroatoms. The van der Waals surface area contributed by atoms with Gasteiger partial charge in [0.2, 0.25) is 0 Å². The molecule has 3 N–H and O–H groups in total. The van der Waals surface area contributed by atoms with Gasteiger partial charge in [0.05, 0.1) is 17.1 Å². The van der Waals surface area contributed by atoms with E-state index in [2.05, 4.69) is 15.4 Å². The fraction of sp³-hybridized carbons (Fsp3) is 0.125. The Morgan fingerprint density at radius 2 is 1.90 bits per heavy atom. The molecule has 1 aromatic heterocycles. The number of halogens is 1. The maximum atomic E-state index is 6.04. The van der Waals surface area contributed by atoms with Crippen molar-refractivity contribution in [1.29, 1.82) is 0 Å². The summed E-state index contributed by atoms with van der Waals surface area (Å²) in [6.45, 7) is 0. The zero-order valence-corrected chi connectivity index (χ0v) is 12.1. The normalized spacial score (nSPS) is 12.5. The van der Waals surface area contributed by atoms with Crippen molar-refractivity contribution in [1.82, 2.24) is 15.4 Å². The van der Waals surface area contributed by atoms with Crippen molar-refractivity contribution < 1.29 is 0 Å². The van der Waals surface area contributed by atoms with Gasteiger partial charge in [-0.3, -0.25) is 21.2 Å². The van der Waals surface area contributed by atoms with Crippen molar-refractivity contribution in [2.45, 2.75) is 12.5 Å². The minimum atomic E-state index is -0.0520. The van der Waals surface area contributed by atoms with Crippen LogP contribution in [-0.4, -0.2) is 9.97 Å². The van der Waals surface area contributed by atoms with E-state index in [1.165, 1.54) is 0 Å². The molecule has 0 bridgehead atoms. The van der Waals surface area contributed by atoms with E-state index in [4.69, 9.17) is 17.4 Å². The number of nitrogens with one attached hydrogen (secondary N) is 1. The molecule has 1 atom stereocenters. The molecule has 0 amide bonds. The summed E-state index contributed by atoms with van der Waals surface area (Å²) in [7, 11) is 0. The number of para-hydroxylation sites is 1. The predicted octanol–water partition coefficient (Wildman–Crippen LogP) is 3.03. The van der Waals surface area contributed by atoms with Crippen molar-refractivity contribution in [3.63, 3.8) is 0 Å². The molecule has 3 rings (SSSR count). The number of rotatable bonds is 4. The first-order chi connectivity index (χ1) is 10.3. The van der Waals surface area contributed by atoms with Gasteiger partial charge in [0, 0.05) is 17.4 Å². The molecule has 3 aromatic rings. The quantitative estimate of drug-likeness (QED) is 0.574. The van der Waals surface area contributed by atoms with E-state index >= 15 is 0 Å². The highest BCUT2D eigenvalue weighted by atomic mass is 35.5. The van der Waals surface area contributed by atoms with Crippen LogP contribution in [0.25, 0.3) is 11.0 Å².